The van der Waals surface area contributed by atoms with E-state index in [9.17, 15) is 19.5 Å². The van der Waals surface area contributed by atoms with E-state index in [1.54, 1.807) is 32.9 Å². The number of carbonyl (C=O) groups is 2. The van der Waals surface area contributed by atoms with Gasteiger partial charge in [0.25, 0.3) is 0 Å². The smallest absolute Gasteiger partial charge is 0.407 e. The number of unbranched alkanes of at least 4 members (excludes halogenated alkanes) is 2. The molecule has 180 valence electrons. The van der Waals surface area contributed by atoms with Gasteiger partial charge < -0.3 is 24.3 Å². The van der Waals surface area contributed by atoms with E-state index in [0.29, 0.717) is 37.1 Å². The number of aromatic hydroxyl groups is 1. The summed E-state index contributed by atoms with van der Waals surface area (Å²) in [5.41, 5.74) is -0.0983. The maximum atomic E-state index is 12.5. The van der Waals surface area contributed by atoms with E-state index in [-0.39, 0.29) is 28.9 Å². The van der Waals surface area contributed by atoms with E-state index in [1.807, 2.05) is 18.2 Å². The van der Waals surface area contributed by atoms with Gasteiger partial charge >= 0.3 is 12.1 Å². The lowest BCUT2D eigenvalue weighted by atomic mass is 10.1. The molecular weight excluding hydrogens is 438 g/mol. The lowest BCUT2D eigenvalue weighted by molar-refractivity contribution is -0.134. The van der Waals surface area contributed by atoms with Gasteiger partial charge in [-0.05, 0) is 33.6 Å². The lowest BCUT2D eigenvalue weighted by Gasteiger charge is -2.19. The van der Waals surface area contributed by atoms with Gasteiger partial charge in [-0.1, -0.05) is 36.8 Å². The molecule has 8 nitrogen and oxygen atoms in total. The fraction of sp³-hybridized carbons (Fsp3) is 0.346. The number of ether oxygens (including phenoxy) is 2. The molecule has 0 fully saturated rings. The van der Waals surface area contributed by atoms with Crippen molar-refractivity contribution in [1.29, 1.82) is 0 Å². The van der Waals surface area contributed by atoms with Crippen molar-refractivity contribution >= 4 is 23.0 Å². The van der Waals surface area contributed by atoms with E-state index in [2.05, 4.69) is 5.32 Å². The number of rotatable bonds is 8. The van der Waals surface area contributed by atoms with Crippen molar-refractivity contribution in [1.82, 2.24) is 5.32 Å². The largest absolute Gasteiger partial charge is 0.507 e. The normalized spacial score (nSPS) is 11.3. The van der Waals surface area contributed by atoms with Crippen LogP contribution in [0.4, 0.5) is 4.79 Å². The Bertz CT molecular complexity index is 1210. The number of amides is 1. The number of carbonyl (C=O) groups excluding carboxylic acids is 2. The average molecular weight is 468 g/mol. The molecule has 0 spiro atoms. The number of alkyl carbamates (subject to hydrolysis) is 1. The molecule has 0 aliphatic rings. The van der Waals surface area contributed by atoms with E-state index >= 15 is 0 Å². The van der Waals surface area contributed by atoms with Gasteiger partial charge in [0.2, 0.25) is 0 Å². The van der Waals surface area contributed by atoms with Crippen LogP contribution >= 0.6 is 0 Å². The summed E-state index contributed by atoms with van der Waals surface area (Å²) in [6, 6.07) is 13.1. The Balaban J connectivity index is 1.55. The van der Waals surface area contributed by atoms with Crippen LogP contribution < -0.4 is 15.5 Å². The van der Waals surface area contributed by atoms with Crippen LogP contribution in [0.2, 0.25) is 0 Å². The zero-order chi connectivity index (χ0) is 24.7. The molecule has 0 saturated heterocycles. The fourth-order valence-corrected chi connectivity index (χ4v) is 3.31. The van der Waals surface area contributed by atoms with Crippen LogP contribution in [0.25, 0.3) is 22.3 Å². The van der Waals surface area contributed by atoms with Crippen LogP contribution in [-0.2, 0) is 9.53 Å². The van der Waals surface area contributed by atoms with Crippen LogP contribution in [0.1, 0.15) is 46.5 Å². The number of phenolic OH excluding ortho intramolecular Hbond substituents is 1. The van der Waals surface area contributed by atoms with Gasteiger partial charge in [-0.15, -0.1) is 0 Å². The zero-order valence-electron chi connectivity index (χ0n) is 19.6. The van der Waals surface area contributed by atoms with Crippen LogP contribution in [-0.4, -0.2) is 29.3 Å². The summed E-state index contributed by atoms with van der Waals surface area (Å²) < 4.78 is 16.3. The minimum atomic E-state index is -0.545. The molecule has 2 aromatic carbocycles. The highest BCUT2D eigenvalue weighted by atomic mass is 16.6. The molecule has 3 aromatic rings. The number of fused-ring (bicyclic) bond motifs is 1. The number of benzene rings is 2. The van der Waals surface area contributed by atoms with Gasteiger partial charge in [-0.3, -0.25) is 9.59 Å². The molecular formula is C26H29NO7. The summed E-state index contributed by atoms with van der Waals surface area (Å²) in [7, 11) is 0. The van der Waals surface area contributed by atoms with Gasteiger partial charge in [0.1, 0.15) is 33.8 Å². The Kier molecular flexibility index (Phi) is 7.94. The van der Waals surface area contributed by atoms with Crippen LogP contribution in [0.15, 0.2) is 57.7 Å². The second kappa shape index (κ2) is 10.9. The predicted octanol–water partition coefficient (Wildman–Crippen LogP) is 5.16. The minimum Gasteiger partial charge on any atom is -0.507 e. The maximum absolute atomic E-state index is 12.5. The Morgan fingerprint density at radius 3 is 2.47 bits per heavy atom. The summed E-state index contributed by atoms with van der Waals surface area (Å²) in [6.45, 7) is 5.83. The highest BCUT2D eigenvalue weighted by Crippen LogP contribution is 2.31. The predicted molar refractivity (Wildman–Crippen MR) is 128 cm³/mol. The second-order valence-corrected chi connectivity index (χ2v) is 8.87. The molecule has 1 aromatic heterocycles. The number of hydrogen-bond acceptors (Lipinski definition) is 7. The summed E-state index contributed by atoms with van der Waals surface area (Å²) >= 11 is 0. The van der Waals surface area contributed by atoms with Crippen molar-refractivity contribution in [2.45, 2.75) is 52.1 Å². The summed E-state index contributed by atoms with van der Waals surface area (Å²) in [5, 5.41) is 13.0. The van der Waals surface area contributed by atoms with Crippen LogP contribution in [0.5, 0.6) is 11.5 Å². The summed E-state index contributed by atoms with van der Waals surface area (Å²) in [5.74, 6) is -0.349. The minimum absolute atomic E-state index is 0.0250. The molecule has 1 heterocycles. The van der Waals surface area contributed by atoms with E-state index in [0.717, 1.165) is 0 Å². The van der Waals surface area contributed by atoms with E-state index in [1.165, 1.54) is 18.2 Å². The fourth-order valence-electron chi connectivity index (χ4n) is 3.31. The molecule has 0 aliphatic heterocycles. The first kappa shape index (κ1) is 24.8. The van der Waals surface area contributed by atoms with E-state index in [4.69, 9.17) is 13.9 Å². The number of hydrogen-bond donors (Lipinski definition) is 2. The first-order valence-electron chi connectivity index (χ1n) is 11.2. The monoisotopic (exact) mass is 467 g/mol. The van der Waals surface area contributed by atoms with Crippen molar-refractivity contribution in [3.05, 3.63) is 58.8 Å². The van der Waals surface area contributed by atoms with Crippen LogP contribution in [0, 0.1) is 0 Å². The van der Waals surface area contributed by atoms with Crippen molar-refractivity contribution in [2.24, 2.45) is 0 Å². The van der Waals surface area contributed by atoms with Gasteiger partial charge in [0.05, 0.1) is 0 Å². The highest BCUT2D eigenvalue weighted by Gasteiger charge is 2.16. The van der Waals surface area contributed by atoms with Crippen molar-refractivity contribution in [2.75, 3.05) is 6.54 Å². The Labute approximate surface area is 197 Å². The van der Waals surface area contributed by atoms with E-state index < -0.39 is 23.1 Å². The third kappa shape index (κ3) is 7.10. The van der Waals surface area contributed by atoms with Crippen molar-refractivity contribution in [3.8, 4) is 22.8 Å². The molecule has 3 rings (SSSR count). The molecule has 8 heteroatoms. The highest BCUT2D eigenvalue weighted by molar-refractivity contribution is 5.87. The van der Waals surface area contributed by atoms with Crippen molar-refractivity contribution in [3.63, 3.8) is 0 Å². The second-order valence-electron chi connectivity index (χ2n) is 8.87. The SMILES string of the molecule is CC(C)(C)OC(=O)NCCCCCC(=O)Oc1cc(O)c2c(=O)cc(-c3ccccc3)oc2c1. The van der Waals surface area contributed by atoms with Gasteiger partial charge in [-0.2, -0.15) is 0 Å². The third-order valence-electron chi connectivity index (χ3n) is 4.80. The molecule has 0 bridgehead atoms. The Morgan fingerprint density at radius 1 is 1.03 bits per heavy atom. The number of esters is 1. The molecule has 0 unspecified atom stereocenters. The topological polar surface area (TPSA) is 115 Å². The first-order chi connectivity index (χ1) is 16.1. The van der Waals surface area contributed by atoms with Gasteiger partial charge in [0, 0.05) is 36.7 Å². The molecule has 0 atom stereocenters. The maximum Gasteiger partial charge on any atom is 0.407 e. The van der Waals surface area contributed by atoms with Gasteiger partial charge in [0.15, 0.2) is 5.43 Å². The van der Waals surface area contributed by atoms with Crippen LogP contribution in [0.3, 0.4) is 0 Å². The van der Waals surface area contributed by atoms with Crippen molar-refractivity contribution < 1.29 is 28.6 Å². The quantitative estimate of drug-likeness (QED) is 0.267. The summed E-state index contributed by atoms with van der Waals surface area (Å²) in [4.78, 5) is 36.3. The third-order valence-corrected chi connectivity index (χ3v) is 4.80. The van der Waals surface area contributed by atoms with Gasteiger partial charge in [-0.25, -0.2) is 4.79 Å². The Morgan fingerprint density at radius 2 is 1.76 bits per heavy atom. The molecule has 34 heavy (non-hydrogen) atoms. The first-order valence-corrected chi connectivity index (χ1v) is 11.2. The molecule has 0 radical (unpaired) electrons. The summed E-state index contributed by atoms with van der Waals surface area (Å²) in [6.07, 6.45) is 1.67. The molecule has 2 N–H and O–H groups in total. The molecule has 0 saturated carbocycles. The molecule has 0 aliphatic carbocycles. The lowest BCUT2D eigenvalue weighted by Crippen LogP contribution is -2.33. The standard InChI is InChI=1S/C26H29NO7/c1-26(2,3)34-25(31)27-13-9-5-8-12-23(30)32-18-14-19(28)24-20(29)16-21(33-22(24)15-18)17-10-6-4-7-11-17/h4,6-7,10-11,14-16,28H,5,8-9,12-13H2,1-3H3,(H,27,31). The average Bonchev–Trinajstić information content (AvgIpc) is 2.75. The number of phenols is 1. The zero-order valence-corrected chi connectivity index (χ0v) is 19.6. The Hall–Kier alpha value is -3.81. The number of nitrogens with one attached hydrogen (secondary N) is 1. The molecule has 1 amide bonds.